The van der Waals surface area contributed by atoms with Crippen LogP contribution in [0.15, 0.2) is 0 Å². The highest BCUT2D eigenvalue weighted by molar-refractivity contribution is 5.75. The van der Waals surface area contributed by atoms with Crippen LogP contribution in [0.5, 0.6) is 0 Å². The second-order valence-electron chi connectivity index (χ2n) is 4.41. The van der Waals surface area contributed by atoms with Crippen molar-refractivity contribution in [2.45, 2.75) is 38.3 Å². The number of rotatable bonds is 2. The normalized spacial score (nSPS) is 28.1. The number of hydrogen-bond donors (Lipinski definition) is 1. The average Bonchev–Trinajstić information content (AvgIpc) is 2.14. The highest BCUT2D eigenvalue weighted by atomic mass is 16.5. The Morgan fingerprint density at radius 1 is 1.64 bits per heavy atom. The summed E-state index contributed by atoms with van der Waals surface area (Å²) in [4.78, 5) is 11.2. The quantitative estimate of drug-likeness (QED) is 0.668. The lowest BCUT2D eigenvalue weighted by Gasteiger charge is -2.37. The monoisotopic (exact) mass is 201 g/mol. The van der Waals surface area contributed by atoms with Gasteiger partial charge in [0.25, 0.3) is 0 Å². The lowest BCUT2D eigenvalue weighted by atomic mass is 9.84. The molecule has 4 heteroatoms. The van der Waals surface area contributed by atoms with E-state index in [-0.39, 0.29) is 17.5 Å². The number of hydrogen-bond acceptors (Lipinski definition) is 4. The molecule has 82 valence electrons. The van der Waals surface area contributed by atoms with E-state index in [2.05, 4.69) is 4.74 Å². The maximum atomic E-state index is 11.2. The molecule has 1 fully saturated rings. The van der Waals surface area contributed by atoms with Crippen molar-refractivity contribution in [1.29, 1.82) is 0 Å². The minimum atomic E-state index is -0.511. The van der Waals surface area contributed by atoms with Crippen LogP contribution in [-0.4, -0.2) is 31.3 Å². The molecule has 1 heterocycles. The minimum Gasteiger partial charge on any atom is -0.468 e. The average molecular weight is 201 g/mol. The van der Waals surface area contributed by atoms with Gasteiger partial charge in [0.15, 0.2) is 0 Å². The molecule has 0 aliphatic carbocycles. The molecule has 1 aliphatic heterocycles. The molecule has 0 amide bonds. The van der Waals surface area contributed by atoms with Gasteiger partial charge in [-0.25, -0.2) is 0 Å². The Balaban J connectivity index is 2.56. The Kier molecular flexibility index (Phi) is 3.50. The second-order valence-corrected chi connectivity index (χ2v) is 4.41. The van der Waals surface area contributed by atoms with Gasteiger partial charge in [-0.05, 0) is 32.6 Å². The van der Waals surface area contributed by atoms with Crippen LogP contribution in [-0.2, 0) is 14.3 Å². The first-order valence-electron chi connectivity index (χ1n) is 4.93. The molecular weight excluding hydrogens is 182 g/mol. The van der Waals surface area contributed by atoms with E-state index in [1.165, 1.54) is 7.11 Å². The third kappa shape index (κ3) is 2.69. The van der Waals surface area contributed by atoms with Crippen molar-refractivity contribution in [2.75, 3.05) is 13.7 Å². The predicted octanol–water partition coefficient (Wildman–Crippen LogP) is 0.692. The van der Waals surface area contributed by atoms with Gasteiger partial charge in [-0.2, -0.15) is 0 Å². The van der Waals surface area contributed by atoms with E-state index < -0.39 is 6.04 Å². The summed E-state index contributed by atoms with van der Waals surface area (Å²) >= 11 is 0. The summed E-state index contributed by atoms with van der Waals surface area (Å²) in [7, 11) is 1.37. The molecule has 14 heavy (non-hydrogen) atoms. The summed E-state index contributed by atoms with van der Waals surface area (Å²) in [5.74, 6) is -0.154. The van der Waals surface area contributed by atoms with Crippen LogP contribution in [0.1, 0.15) is 26.7 Å². The van der Waals surface area contributed by atoms with Gasteiger partial charge in [0.2, 0.25) is 0 Å². The molecule has 0 unspecified atom stereocenters. The molecule has 1 saturated heterocycles. The minimum absolute atomic E-state index is 0.172. The van der Waals surface area contributed by atoms with Crippen LogP contribution >= 0.6 is 0 Å². The molecule has 1 rings (SSSR count). The predicted molar refractivity (Wildman–Crippen MR) is 52.7 cm³/mol. The first-order chi connectivity index (χ1) is 6.46. The number of carbonyl (C=O) groups is 1. The molecule has 0 spiro atoms. The Hall–Kier alpha value is -0.610. The van der Waals surface area contributed by atoms with Gasteiger partial charge in [0.05, 0.1) is 12.7 Å². The van der Waals surface area contributed by atoms with E-state index in [9.17, 15) is 4.79 Å². The summed E-state index contributed by atoms with van der Waals surface area (Å²) in [6.45, 7) is 4.70. The molecule has 4 nitrogen and oxygen atoms in total. The zero-order valence-corrected chi connectivity index (χ0v) is 9.08. The van der Waals surface area contributed by atoms with Crippen LogP contribution in [0.25, 0.3) is 0 Å². The van der Waals surface area contributed by atoms with E-state index in [1.807, 2.05) is 13.8 Å². The van der Waals surface area contributed by atoms with E-state index >= 15 is 0 Å². The van der Waals surface area contributed by atoms with E-state index in [0.29, 0.717) is 6.61 Å². The molecule has 0 aromatic heterocycles. The zero-order valence-electron chi connectivity index (χ0n) is 9.08. The zero-order chi connectivity index (χ0) is 10.8. The fourth-order valence-electron chi connectivity index (χ4n) is 1.91. The van der Waals surface area contributed by atoms with Crippen molar-refractivity contribution in [2.24, 2.45) is 11.7 Å². The number of carbonyl (C=O) groups excluding carboxylic acids is 1. The van der Waals surface area contributed by atoms with Gasteiger partial charge in [0, 0.05) is 6.61 Å². The van der Waals surface area contributed by atoms with E-state index in [1.54, 1.807) is 0 Å². The van der Waals surface area contributed by atoms with Crippen molar-refractivity contribution in [3.8, 4) is 0 Å². The lowest BCUT2D eigenvalue weighted by molar-refractivity contribution is -0.146. The molecule has 0 radical (unpaired) electrons. The number of methoxy groups -OCH3 is 1. The third-order valence-electron chi connectivity index (χ3n) is 2.72. The lowest BCUT2D eigenvalue weighted by Crippen LogP contribution is -2.46. The van der Waals surface area contributed by atoms with E-state index in [4.69, 9.17) is 10.5 Å². The molecule has 2 N–H and O–H groups in total. The fourth-order valence-corrected chi connectivity index (χ4v) is 1.91. The van der Waals surface area contributed by atoms with Crippen molar-refractivity contribution in [1.82, 2.24) is 0 Å². The molecule has 0 aromatic carbocycles. The molecule has 0 bridgehead atoms. The maximum Gasteiger partial charge on any atom is 0.322 e. The van der Waals surface area contributed by atoms with Gasteiger partial charge in [0.1, 0.15) is 6.04 Å². The first kappa shape index (κ1) is 11.5. The van der Waals surface area contributed by atoms with Crippen LogP contribution in [0, 0.1) is 5.92 Å². The number of ether oxygens (including phenoxy) is 2. The summed E-state index contributed by atoms with van der Waals surface area (Å²) in [6, 6.07) is -0.511. The van der Waals surface area contributed by atoms with Gasteiger partial charge in [-0.1, -0.05) is 0 Å². The number of nitrogens with two attached hydrogens (primary N) is 1. The Labute approximate surface area is 84.7 Å². The van der Waals surface area contributed by atoms with Crippen molar-refractivity contribution < 1.29 is 14.3 Å². The number of esters is 1. The van der Waals surface area contributed by atoms with Crippen LogP contribution in [0.4, 0.5) is 0 Å². The molecule has 0 aromatic rings. The Morgan fingerprint density at radius 3 is 2.79 bits per heavy atom. The summed E-state index contributed by atoms with van der Waals surface area (Å²) in [6.07, 6.45) is 1.64. The highest BCUT2D eigenvalue weighted by Crippen LogP contribution is 2.30. The summed E-state index contributed by atoms with van der Waals surface area (Å²) in [5, 5.41) is 0. The highest BCUT2D eigenvalue weighted by Gasteiger charge is 2.35. The van der Waals surface area contributed by atoms with Gasteiger partial charge >= 0.3 is 5.97 Å². The third-order valence-corrected chi connectivity index (χ3v) is 2.72. The topological polar surface area (TPSA) is 61.5 Å². The fraction of sp³-hybridized carbons (Fsp3) is 0.900. The second kappa shape index (κ2) is 4.28. The maximum absolute atomic E-state index is 11.2. The molecular formula is C10H19NO3. The summed E-state index contributed by atoms with van der Waals surface area (Å²) < 4.78 is 10.2. The van der Waals surface area contributed by atoms with Crippen molar-refractivity contribution in [3.63, 3.8) is 0 Å². The van der Waals surface area contributed by atoms with Crippen LogP contribution in [0.2, 0.25) is 0 Å². The standard InChI is InChI=1S/C10H19NO3/c1-10(2)6-7(4-5-14-10)8(11)9(12)13-3/h7-8H,4-6,11H2,1-3H3/t7-,8-/m0/s1. The van der Waals surface area contributed by atoms with Crippen molar-refractivity contribution in [3.05, 3.63) is 0 Å². The SMILES string of the molecule is COC(=O)[C@@H](N)[C@H]1CCOC(C)(C)C1. The Bertz CT molecular complexity index is 215. The summed E-state index contributed by atoms with van der Waals surface area (Å²) in [5.41, 5.74) is 5.62. The van der Waals surface area contributed by atoms with Crippen LogP contribution < -0.4 is 5.73 Å². The largest absolute Gasteiger partial charge is 0.468 e. The Morgan fingerprint density at radius 2 is 2.29 bits per heavy atom. The smallest absolute Gasteiger partial charge is 0.322 e. The van der Waals surface area contributed by atoms with Crippen LogP contribution in [0.3, 0.4) is 0 Å². The molecule has 2 atom stereocenters. The van der Waals surface area contributed by atoms with E-state index in [0.717, 1.165) is 12.8 Å². The van der Waals surface area contributed by atoms with Gasteiger partial charge < -0.3 is 15.2 Å². The van der Waals surface area contributed by atoms with Gasteiger partial charge in [-0.3, -0.25) is 4.79 Å². The molecule has 1 aliphatic rings. The van der Waals surface area contributed by atoms with Crippen molar-refractivity contribution >= 4 is 5.97 Å². The first-order valence-corrected chi connectivity index (χ1v) is 4.93. The molecule has 0 saturated carbocycles. The van der Waals surface area contributed by atoms with Gasteiger partial charge in [-0.15, -0.1) is 0 Å².